The second-order valence-electron chi connectivity index (χ2n) is 5.41. The third kappa shape index (κ3) is 2.90. The molecule has 0 amide bonds. The van der Waals surface area contributed by atoms with Crippen molar-refractivity contribution in [3.05, 3.63) is 103 Å². The standard InChI is InChI=1S/C22H18Si/c1-2-3-19-23(20-13-7-4-8-14-20,21-15-9-5-10-16-21)22-17-11-6-12-18-22/h1,3-19H. The van der Waals surface area contributed by atoms with E-state index in [1.807, 2.05) is 6.08 Å². The van der Waals surface area contributed by atoms with E-state index in [2.05, 4.69) is 103 Å². The molecule has 0 unspecified atom stereocenters. The quantitative estimate of drug-likeness (QED) is 0.395. The van der Waals surface area contributed by atoms with Crippen molar-refractivity contribution in [2.45, 2.75) is 0 Å². The lowest BCUT2D eigenvalue weighted by Gasteiger charge is -2.30. The third-order valence-electron chi connectivity index (χ3n) is 4.12. The molecule has 0 atom stereocenters. The van der Waals surface area contributed by atoms with Crippen LogP contribution in [0.1, 0.15) is 0 Å². The lowest BCUT2D eigenvalue weighted by molar-refractivity contribution is 1.68. The summed E-state index contributed by atoms with van der Waals surface area (Å²) in [5, 5.41) is 4.01. The third-order valence-corrected chi connectivity index (χ3v) is 8.52. The summed E-state index contributed by atoms with van der Waals surface area (Å²) >= 11 is 0. The molecular weight excluding hydrogens is 292 g/mol. The highest BCUT2D eigenvalue weighted by molar-refractivity contribution is 7.14. The highest BCUT2D eigenvalue weighted by Gasteiger charge is 2.36. The van der Waals surface area contributed by atoms with Crippen LogP contribution in [-0.4, -0.2) is 8.07 Å². The average Bonchev–Trinajstić information content (AvgIpc) is 2.65. The number of rotatable bonds is 4. The molecule has 110 valence electrons. The van der Waals surface area contributed by atoms with Gasteiger partial charge in [-0.2, -0.15) is 0 Å². The second kappa shape index (κ2) is 6.96. The molecule has 3 aromatic rings. The maximum absolute atomic E-state index is 5.56. The van der Waals surface area contributed by atoms with Crippen LogP contribution in [0.25, 0.3) is 0 Å². The van der Waals surface area contributed by atoms with E-state index < -0.39 is 8.07 Å². The van der Waals surface area contributed by atoms with Crippen LogP contribution in [0, 0.1) is 12.3 Å². The number of benzene rings is 3. The topological polar surface area (TPSA) is 0 Å². The van der Waals surface area contributed by atoms with Gasteiger partial charge in [0.2, 0.25) is 0 Å². The van der Waals surface area contributed by atoms with Gasteiger partial charge in [0.25, 0.3) is 0 Å². The van der Waals surface area contributed by atoms with Crippen LogP contribution in [0.5, 0.6) is 0 Å². The predicted octanol–water partition coefficient (Wildman–Crippen LogP) is 2.89. The summed E-state index contributed by atoms with van der Waals surface area (Å²) in [5.41, 5.74) is 2.26. The number of hydrogen-bond acceptors (Lipinski definition) is 0. The summed E-state index contributed by atoms with van der Waals surface area (Å²) in [7, 11) is -2.27. The Balaban J connectivity index is 2.35. The van der Waals surface area contributed by atoms with Crippen LogP contribution in [-0.2, 0) is 0 Å². The van der Waals surface area contributed by atoms with Crippen LogP contribution < -0.4 is 15.6 Å². The smallest absolute Gasteiger partial charge is 0.115 e. The molecule has 0 heterocycles. The number of allylic oxidation sites excluding steroid dienone is 1. The minimum Gasteiger partial charge on any atom is -0.115 e. The summed E-state index contributed by atoms with van der Waals surface area (Å²) in [4.78, 5) is 0. The lowest BCUT2D eigenvalue weighted by atomic mass is 10.3. The molecule has 0 radical (unpaired) electrons. The number of hydrogen-bond donors (Lipinski definition) is 0. The molecule has 3 aromatic carbocycles. The van der Waals surface area contributed by atoms with Crippen LogP contribution in [0.15, 0.2) is 103 Å². The molecular formula is C22H18Si. The Hall–Kier alpha value is -2.82. The predicted molar refractivity (Wildman–Crippen MR) is 102 cm³/mol. The largest absolute Gasteiger partial charge is 0.173 e. The van der Waals surface area contributed by atoms with Crippen molar-refractivity contribution >= 4 is 23.6 Å². The highest BCUT2D eigenvalue weighted by atomic mass is 28.3. The second-order valence-corrected chi connectivity index (χ2v) is 9.09. The van der Waals surface area contributed by atoms with Crippen LogP contribution in [0.4, 0.5) is 0 Å². The van der Waals surface area contributed by atoms with Crippen molar-refractivity contribution in [2.75, 3.05) is 0 Å². The summed E-state index contributed by atoms with van der Waals surface area (Å²) < 4.78 is 0. The van der Waals surface area contributed by atoms with E-state index in [0.29, 0.717) is 0 Å². The first-order valence-corrected chi connectivity index (χ1v) is 9.76. The van der Waals surface area contributed by atoms with Gasteiger partial charge in [0.05, 0.1) is 0 Å². The normalized spacial score (nSPS) is 11.3. The molecule has 0 aliphatic rings. The Morgan fingerprint density at radius 3 is 1.26 bits per heavy atom. The minimum absolute atomic E-state index is 1.34. The first kappa shape index (κ1) is 15.1. The van der Waals surface area contributed by atoms with E-state index in [4.69, 9.17) is 6.42 Å². The van der Waals surface area contributed by atoms with Gasteiger partial charge < -0.3 is 0 Å². The Morgan fingerprint density at radius 2 is 0.957 bits per heavy atom. The number of terminal acetylenes is 1. The zero-order valence-corrected chi connectivity index (χ0v) is 13.9. The highest BCUT2D eigenvalue weighted by Crippen LogP contribution is 2.09. The van der Waals surface area contributed by atoms with Gasteiger partial charge in [-0.3, -0.25) is 0 Å². The molecule has 1 heteroatoms. The Labute approximate surface area is 139 Å². The van der Waals surface area contributed by atoms with Crippen molar-refractivity contribution in [3.63, 3.8) is 0 Å². The van der Waals surface area contributed by atoms with Gasteiger partial charge in [-0.05, 0) is 21.6 Å². The van der Waals surface area contributed by atoms with Crippen molar-refractivity contribution < 1.29 is 0 Å². The van der Waals surface area contributed by atoms with Gasteiger partial charge in [0.15, 0.2) is 8.07 Å². The fourth-order valence-electron chi connectivity index (χ4n) is 3.06. The van der Waals surface area contributed by atoms with E-state index in [1.165, 1.54) is 15.6 Å². The van der Waals surface area contributed by atoms with Crippen molar-refractivity contribution in [3.8, 4) is 12.3 Å². The summed E-state index contributed by atoms with van der Waals surface area (Å²) in [6.07, 6.45) is 7.42. The Morgan fingerprint density at radius 1 is 0.609 bits per heavy atom. The average molecular weight is 310 g/mol. The van der Waals surface area contributed by atoms with E-state index in [9.17, 15) is 0 Å². The van der Waals surface area contributed by atoms with Crippen LogP contribution >= 0.6 is 0 Å². The van der Waals surface area contributed by atoms with Gasteiger partial charge in [-0.1, -0.05) is 103 Å². The zero-order valence-electron chi connectivity index (χ0n) is 12.9. The Bertz CT molecular complexity index is 715. The van der Waals surface area contributed by atoms with E-state index >= 15 is 0 Å². The molecule has 0 saturated heterocycles. The molecule has 0 N–H and O–H groups in total. The molecule has 0 bridgehead atoms. The molecule has 0 fully saturated rings. The molecule has 0 aliphatic carbocycles. The minimum atomic E-state index is -2.27. The van der Waals surface area contributed by atoms with Crippen LogP contribution in [0.2, 0.25) is 0 Å². The molecule has 0 nitrogen and oxygen atoms in total. The molecule has 3 rings (SSSR count). The van der Waals surface area contributed by atoms with Gasteiger partial charge in [0.1, 0.15) is 0 Å². The summed E-state index contributed by atoms with van der Waals surface area (Å²) in [6, 6.07) is 32.1. The van der Waals surface area contributed by atoms with E-state index in [1.54, 1.807) is 0 Å². The first-order chi connectivity index (χ1) is 11.4. The molecule has 0 saturated carbocycles. The SMILES string of the molecule is C#CC=C[Si](c1ccccc1)(c1ccccc1)c1ccccc1. The molecule has 0 spiro atoms. The maximum Gasteiger partial charge on any atom is 0.173 e. The van der Waals surface area contributed by atoms with Gasteiger partial charge in [-0.15, -0.1) is 6.42 Å². The van der Waals surface area contributed by atoms with Gasteiger partial charge in [-0.25, -0.2) is 0 Å². The van der Waals surface area contributed by atoms with Gasteiger partial charge >= 0.3 is 0 Å². The molecule has 0 aliphatic heterocycles. The van der Waals surface area contributed by atoms with Gasteiger partial charge in [0, 0.05) is 0 Å². The Kier molecular flexibility index (Phi) is 4.56. The van der Waals surface area contributed by atoms with Crippen LogP contribution in [0.3, 0.4) is 0 Å². The zero-order chi connectivity index (χ0) is 16.0. The fraction of sp³-hybridized carbons (Fsp3) is 0. The summed E-state index contributed by atoms with van der Waals surface area (Å²) in [5.74, 6) is 2.69. The van der Waals surface area contributed by atoms with Crippen molar-refractivity contribution in [1.82, 2.24) is 0 Å². The first-order valence-electron chi connectivity index (χ1n) is 7.68. The van der Waals surface area contributed by atoms with E-state index in [0.717, 1.165) is 0 Å². The maximum atomic E-state index is 5.56. The fourth-order valence-corrected chi connectivity index (χ4v) is 7.14. The monoisotopic (exact) mass is 310 g/mol. The lowest BCUT2D eigenvalue weighted by Crippen LogP contribution is -2.66. The molecule has 0 aromatic heterocycles. The van der Waals surface area contributed by atoms with E-state index in [-0.39, 0.29) is 0 Å². The molecule has 23 heavy (non-hydrogen) atoms. The van der Waals surface area contributed by atoms with Crippen molar-refractivity contribution in [1.29, 1.82) is 0 Å². The summed E-state index contributed by atoms with van der Waals surface area (Å²) in [6.45, 7) is 0. The van der Waals surface area contributed by atoms with Crippen molar-refractivity contribution in [2.24, 2.45) is 0 Å².